The molecule has 2 aromatic heterocycles. The number of nitrogens with zero attached hydrogens (tertiary/aromatic N) is 5. The summed E-state index contributed by atoms with van der Waals surface area (Å²) >= 11 is 0. The van der Waals surface area contributed by atoms with E-state index in [-0.39, 0.29) is 5.91 Å². The van der Waals surface area contributed by atoms with E-state index in [4.69, 9.17) is 5.73 Å². The number of amides is 1. The van der Waals surface area contributed by atoms with Crippen molar-refractivity contribution in [3.05, 3.63) is 30.1 Å². The molecule has 8 heteroatoms. The summed E-state index contributed by atoms with van der Waals surface area (Å²) in [6, 6.07) is -0.730. The molecular formula is C11H17N7O. The highest BCUT2D eigenvalue weighted by Crippen LogP contribution is 2.08. The monoisotopic (exact) mass is 263 g/mol. The standard InChI is InChI=1S/C11H17N7O/c1-3-18-7-14-16-9(18)5-13-11(19)10(12)8-4-15-17(2)6-8/h4,6-7,10H,3,5,12H2,1-2H3,(H,13,19). The minimum absolute atomic E-state index is 0.265. The van der Waals surface area contributed by atoms with E-state index in [0.29, 0.717) is 17.9 Å². The van der Waals surface area contributed by atoms with Crippen LogP contribution in [0.25, 0.3) is 0 Å². The summed E-state index contributed by atoms with van der Waals surface area (Å²) in [5, 5.41) is 14.5. The van der Waals surface area contributed by atoms with Gasteiger partial charge >= 0.3 is 0 Å². The quantitative estimate of drug-likeness (QED) is 0.746. The van der Waals surface area contributed by atoms with Crippen molar-refractivity contribution in [2.75, 3.05) is 0 Å². The van der Waals surface area contributed by atoms with Crippen LogP contribution in [0.3, 0.4) is 0 Å². The third-order valence-corrected chi connectivity index (χ3v) is 2.82. The van der Waals surface area contributed by atoms with Crippen molar-refractivity contribution in [3.63, 3.8) is 0 Å². The number of rotatable bonds is 5. The maximum Gasteiger partial charge on any atom is 0.242 e. The van der Waals surface area contributed by atoms with Crippen LogP contribution in [0, 0.1) is 0 Å². The Hall–Kier alpha value is -2.22. The summed E-state index contributed by atoms with van der Waals surface area (Å²) in [6.45, 7) is 3.05. The molecule has 0 saturated carbocycles. The summed E-state index contributed by atoms with van der Waals surface area (Å²) < 4.78 is 3.46. The van der Waals surface area contributed by atoms with Gasteiger partial charge in [0.25, 0.3) is 0 Å². The van der Waals surface area contributed by atoms with Gasteiger partial charge in [-0.25, -0.2) is 0 Å². The van der Waals surface area contributed by atoms with Crippen molar-refractivity contribution < 1.29 is 4.79 Å². The fourth-order valence-electron chi connectivity index (χ4n) is 1.71. The number of hydrogen-bond donors (Lipinski definition) is 2. The van der Waals surface area contributed by atoms with Crippen LogP contribution >= 0.6 is 0 Å². The lowest BCUT2D eigenvalue weighted by Gasteiger charge is -2.10. The van der Waals surface area contributed by atoms with Gasteiger partial charge in [0.1, 0.15) is 12.4 Å². The van der Waals surface area contributed by atoms with Crippen LogP contribution in [-0.2, 0) is 24.9 Å². The van der Waals surface area contributed by atoms with E-state index in [2.05, 4.69) is 20.6 Å². The molecule has 2 heterocycles. The van der Waals surface area contributed by atoms with E-state index in [1.54, 1.807) is 30.5 Å². The van der Waals surface area contributed by atoms with Crippen molar-refractivity contribution >= 4 is 5.91 Å². The van der Waals surface area contributed by atoms with Crippen molar-refractivity contribution in [1.82, 2.24) is 29.9 Å². The maximum atomic E-state index is 11.9. The lowest BCUT2D eigenvalue weighted by molar-refractivity contribution is -0.122. The molecule has 1 unspecified atom stereocenters. The molecule has 19 heavy (non-hydrogen) atoms. The number of aromatic nitrogens is 5. The highest BCUT2D eigenvalue weighted by atomic mass is 16.2. The van der Waals surface area contributed by atoms with Crippen molar-refractivity contribution in [2.24, 2.45) is 12.8 Å². The Labute approximate surface area is 110 Å². The molecule has 0 aliphatic carbocycles. The van der Waals surface area contributed by atoms with Crippen LogP contribution in [0.15, 0.2) is 18.7 Å². The Balaban J connectivity index is 1.94. The predicted octanol–water partition coefficient (Wildman–Crippen LogP) is -0.652. The van der Waals surface area contributed by atoms with Gasteiger partial charge in [0.15, 0.2) is 5.82 Å². The van der Waals surface area contributed by atoms with E-state index in [1.807, 2.05) is 11.5 Å². The number of nitrogens with one attached hydrogen (secondary N) is 1. The van der Waals surface area contributed by atoms with Crippen molar-refractivity contribution in [3.8, 4) is 0 Å². The summed E-state index contributed by atoms with van der Waals surface area (Å²) in [4.78, 5) is 11.9. The van der Waals surface area contributed by atoms with Crippen LogP contribution in [0.1, 0.15) is 24.4 Å². The molecule has 0 aliphatic heterocycles. The lowest BCUT2D eigenvalue weighted by Crippen LogP contribution is -2.34. The van der Waals surface area contributed by atoms with Crippen LogP contribution < -0.4 is 11.1 Å². The second kappa shape index (κ2) is 5.61. The van der Waals surface area contributed by atoms with E-state index < -0.39 is 6.04 Å². The maximum absolute atomic E-state index is 11.9. The van der Waals surface area contributed by atoms with Gasteiger partial charge in [-0.2, -0.15) is 5.10 Å². The molecule has 0 aromatic carbocycles. The first-order valence-electron chi connectivity index (χ1n) is 6.00. The summed E-state index contributed by atoms with van der Waals surface area (Å²) in [7, 11) is 1.78. The van der Waals surface area contributed by atoms with Gasteiger partial charge in [-0.3, -0.25) is 9.48 Å². The molecule has 0 spiro atoms. The SMILES string of the molecule is CCn1cnnc1CNC(=O)C(N)c1cnn(C)c1. The molecule has 1 atom stereocenters. The molecule has 2 aromatic rings. The normalized spacial score (nSPS) is 12.4. The fraction of sp³-hybridized carbons (Fsp3) is 0.455. The fourth-order valence-corrected chi connectivity index (χ4v) is 1.71. The molecule has 0 aliphatic rings. The minimum atomic E-state index is -0.730. The molecule has 0 saturated heterocycles. The van der Waals surface area contributed by atoms with Gasteiger partial charge in [-0.05, 0) is 6.92 Å². The van der Waals surface area contributed by atoms with E-state index >= 15 is 0 Å². The first kappa shape index (κ1) is 13.2. The molecule has 3 N–H and O–H groups in total. The molecule has 0 bridgehead atoms. The van der Waals surface area contributed by atoms with Crippen LogP contribution in [-0.4, -0.2) is 30.5 Å². The summed E-state index contributed by atoms with van der Waals surface area (Å²) in [5.41, 5.74) is 6.53. The van der Waals surface area contributed by atoms with E-state index in [9.17, 15) is 4.79 Å². The van der Waals surface area contributed by atoms with E-state index in [0.717, 1.165) is 6.54 Å². The van der Waals surface area contributed by atoms with Crippen LogP contribution in [0.5, 0.6) is 0 Å². The number of carbonyl (C=O) groups is 1. The highest BCUT2D eigenvalue weighted by molar-refractivity contribution is 5.82. The van der Waals surface area contributed by atoms with Crippen molar-refractivity contribution in [2.45, 2.75) is 26.1 Å². The molecule has 8 nitrogen and oxygen atoms in total. The van der Waals surface area contributed by atoms with E-state index in [1.165, 1.54) is 0 Å². The van der Waals surface area contributed by atoms with Gasteiger partial charge in [0.2, 0.25) is 5.91 Å². The lowest BCUT2D eigenvalue weighted by atomic mass is 10.1. The Morgan fingerprint density at radius 3 is 3.00 bits per heavy atom. The van der Waals surface area contributed by atoms with Gasteiger partial charge in [-0.15, -0.1) is 10.2 Å². The highest BCUT2D eigenvalue weighted by Gasteiger charge is 2.17. The topological polar surface area (TPSA) is 104 Å². The van der Waals surface area contributed by atoms with Crippen LogP contribution in [0.4, 0.5) is 0 Å². The second-order valence-electron chi connectivity index (χ2n) is 4.18. The first-order valence-corrected chi connectivity index (χ1v) is 6.00. The Morgan fingerprint density at radius 1 is 1.58 bits per heavy atom. The smallest absolute Gasteiger partial charge is 0.242 e. The Kier molecular flexibility index (Phi) is 3.91. The molecule has 0 radical (unpaired) electrons. The third-order valence-electron chi connectivity index (χ3n) is 2.82. The summed E-state index contributed by atoms with van der Waals surface area (Å²) in [5.74, 6) is 0.438. The third kappa shape index (κ3) is 2.97. The average molecular weight is 263 g/mol. The number of aryl methyl sites for hydroxylation is 2. The molecule has 102 valence electrons. The Bertz CT molecular complexity index is 559. The number of carbonyl (C=O) groups excluding carboxylic acids is 1. The largest absolute Gasteiger partial charge is 0.347 e. The molecule has 1 amide bonds. The zero-order valence-corrected chi connectivity index (χ0v) is 10.9. The van der Waals surface area contributed by atoms with Gasteiger partial charge in [-0.1, -0.05) is 0 Å². The van der Waals surface area contributed by atoms with Gasteiger partial charge in [0, 0.05) is 25.4 Å². The summed E-state index contributed by atoms with van der Waals surface area (Å²) in [6.07, 6.45) is 4.93. The van der Waals surface area contributed by atoms with Crippen LogP contribution in [0.2, 0.25) is 0 Å². The van der Waals surface area contributed by atoms with Gasteiger partial charge < -0.3 is 15.6 Å². The number of nitrogens with two attached hydrogens (primary N) is 1. The molecule has 2 rings (SSSR count). The molecular weight excluding hydrogens is 246 g/mol. The van der Waals surface area contributed by atoms with Crippen molar-refractivity contribution in [1.29, 1.82) is 0 Å². The zero-order chi connectivity index (χ0) is 13.8. The molecule has 0 fully saturated rings. The average Bonchev–Trinajstić information content (AvgIpc) is 3.03. The zero-order valence-electron chi connectivity index (χ0n) is 10.9. The number of hydrogen-bond acceptors (Lipinski definition) is 5. The van der Waals surface area contributed by atoms with Gasteiger partial charge in [0.05, 0.1) is 12.7 Å². The minimum Gasteiger partial charge on any atom is -0.347 e. The first-order chi connectivity index (χ1) is 9.11. The Morgan fingerprint density at radius 2 is 2.37 bits per heavy atom. The predicted molar refractivity (Wildman–Crippen MR) is 67.7 cm³/mol. The second-order valence-corrected chi connectivity index (χ2v) is 4.18.